The van der Waals surface area contributed by atoms with E-state index >= 15 is 0 Å². The highest BCUT2D eigenvalue weighted by Crippen LogP contribution is 2.32. The van der Waals surface area contributed by atoms with Gasteiger partial charge in [0.05, 0.1) is 18.2 Å². The zero-order valence-corrected chi connectivity index (χ0v) is 16.2. The zero-order valence-electron chi connectivity index (χ0n) is 16.2. The van der Waals surface area contributed by atoms with Gasteiger partial charge in [-0.2, -0.15) is 0 Å². The normalized spacial score (nSPS) is 10.7. The maximum Gasteiger partial charge on any atom is 0.343 e. The number of carbonyl (C=O) groups is 4. The number of esters is 1. The summed E-state index contributed by atoms with van der Waals surface area (Å²) < 4.78 is 11.8. The molecule has 0 aliphatic heterocycles. The van der Waals surface area contributed by atoms with Crippen LogP contribution in [-0.2, 0) is 32.0 Å². The van der Waals surface area contributed by atoms with Gasteiger partial charge < -0.3 is 19.6 Å². The number of hydrogen-bond acceptors (Lipinski definition) is 6. The van der Waals surface area contributed by atoms with Gasteiger partial charge in [-0.1, -0.05) is 13.8 Å². The highest BCUT2D eigenvalue weighted by Gasteiger charge is 2.27. The van der Waals surface area contributed by atoms with Crippen molar-refractivity contribution in [1.29, 1.82) is 0 Å². The van der Waals surface area contributed by atoms with E-state index in [4.69, 9.17) is 10.5 Å². The number of Topliss-reactive ketones (excluding diaryl/α,β-unsaturated/α-hetero) is 2. The molecule has 2 aromatic heterocycles. The molecule has 0 aromatic carbocycles. The second kappa shape index (κ2) is 9.16. The van der Waals surface area contributed by atoms with Crippen molar-refractivity contribution in [3.63, 3.8) is 0 Å². The smallest absolute Gasteiger partial charge is 0.343 e. The standard InChI is InChI=1S/C20H24N2O6/c1-4-12(23)8-9-14-13(5-2)17(19(25)20(21)26)18-15(7-6-10-22(14)18)28-11-16(24)27-3/h6-7,10H,4-5,8-9,11H2,1-3H3,(H2,21,26). The summed E-state index contributed by atoms with van der Waals surface area (Å²) in [5.74, 6) is -2.16. The number of amides is 1. The predicted molar refractivity (Wildman–Crippen MR) is 101 cm³/mol. The van der Waals surface area contributed by atoms with E-state index in [-0.39, 0.29) is 23.7 Å². The van der Waals surface area contributed by atoms with Gasteiger partial charge in [0.2, 0.25) is 0 Å². The molecule has 0 unspecified atom stereocenters. The van der Waals surface area contributed by atoms with Crippen LogP contribution in [-0.4, -0.2) is 41.6 Å². The molecular formula is C20H24N2O6. The number of ketones is 2. The summed E-state index contributed by atoms with van der Waals surface area (Å²) in [6, 6.07) is 3.29. The van der Waals surface area contributed by atoms with Gasteiger partial charge in [0.1, 0.15) is 11.5 Å². The third-order valence-corrected chi connectivity index (χ3v) is 4.55. The number of aromatic nitrogens is 1. The first-order chi connectivity index (χ1) is 13.3. The largest absolute Gasteiger partial charge is 0.480 e. The lowest BCUT2D eigenvalue weighted by Crippen LogP contribution is -2.24. The van der Waals surface area contributed by atoms with E-state index in [0.29, 0.717) is 36.8 Å². The number of nitrogens with two attached hydrogens (primary N) is 1. The molecule has 0 spiro atoms. The van der Waals surface area contributed by atoms with Crippen molar-refractivity contribution in [3.8, 4) is 5.75 Å². The Morgan fingerprint density at radius 3 is 2.46 bits per heavy atom. The maximum absolute atomic E-state index is 12.6. The van der Waals surface area contributed by atoms with E-state index in [2.05, 4.69) is 4.74 Å². The second-order valence-electron chi connectivity index (χ2n) is 6.20. The number of fused-ring (bicyclic) bond motifs is 1. The summed E-state index contributed by atoms with van der Waals surface area (Å²) in [6.45, 7) is 3.30. The Balaban J connectivity index is 2.68. The minimum absolute atomic E-state index is 0.0953. The van der Waals surface area contributed by atoms with Crippen LogP contribution in [0.5, 0.6) is 5.75 Å². The highest BCUT2D eigenvalue weighted by atomic mass is 16.6. The predicted octanol–water partition coefficient (Wildman–Crippen LogP) is 1.63. The number of hydrogen-bond donors (Lipinski definition) is 1. The zero-order chi connectivity index (χ0) is 20.8. The van der Waals surface area contributed by atoms with E-state index in [0.717, 1.165) is 5.69 Å². The molecule has 0 saturated heterocycles. The topological polar surface area (TPSA) is 117 Å². The summed E-state index contributed by atoms with van der Waals surface area (Å²) in [5, 5.41) is 0. The Kier molecular flexibility index (Phi) is 6.92. The first kappa shape index (κ1) is 21.1. The van der Waals surface area contributed by atoms with E-state index in [1.807, 2.05) is 6.92 Å². The molecule has 2 rings (SSSR count). The number of carbonyl (C=O) groups excluding carboxylic acids is 4. The van der Waals surface area contributed by atoms with Crippen LogP contribution in [0.25, 0.3) is 5.52 Å². The number of nitrogens with zero attached hydrogens (tertiary/aromatic N) is 1. The van der Waals surface area contributed by atoms with Crippen LogP contribution in [0.4, 0.5) is 0 Å². The molecule has 8 heteroatoms. The molecule has 1 amide bonds. The highest BCUT2D eigenvalue weighted by molar-refractivity contribution is 6.44. The third-order valence-electron chi connectivity index (χ3n) is 4.55. The fraction of sp³-hybridized carbons (Fsp3) is 0.400. The Bertz CT molecular complexity index is 928. The molecule has 0 bridgehead atoms. The fourth-order valence-electron chi connectivity index (χ4n) is 3.16. The van der Waals surface area contributed by atoms with Crippen molar-refractivity contribution >= 4 is 29.0 Å². The molecule has 0 saturated carbocycles. The van der Waals surface area contributed by atoms with Crippen LogP contribution < -0.4 is 10.5 Å². The lowest BCUT2D eigenvalue weighted by molar-refractivity contribution is -0.142. The summed E-state index contributed by atoms with van der Waals surface area (Å²) in [4.78, 5) is 47.5. The molecule has 2 heterocycles. The second-order valence-corrected chi connectivity index (χ2v) is 6.20. The first-order valence-corrected chi connectivity index (χ1v) is 9.05. The van der Waals surface area contributed by atoms with Crippen molar-refractivity contribution in [2.75, 3.05) is 13.7 Å². The van der Waals surface area contributed by atoms with Gasteiger partial charge in [0, 0.05) is 24.7 Å². The number of aryl methyl sites for hydroxylation is 1. The first-order valence-electron chi connectivity index (χ1n) is 9.05. The van der Waals surface area contributed by atoms with Gasteiger partial charge in [0.25, 0.3) is 11.7 Å². The molecule has 0 fully saturated rings. The van der Waals surface area contributed by atoms with Gasteiger partial charge >= 0.3 is 5.97 Å². The van der Waals surface area contributed by atoms with E-state index in [1.54, 1.807) is 29.7 Å². The SMILES string of the molecule is CCC(=O)CCc1c(CC)c(C(=O)C(N)=O)c2c(OCC(=O)OC)cccn12. The Morgan fingerprint density at radius 1 is 1.18 bits per heavy atom. The molecule has 0 atom stereocenters. The van der Waals surface area contributed by atoms with Gasteiger partial charge in [-0.3, -0.25) is 14.4 Å². The fourth-order valence-corrected chi connectivity index (χ4v) is 3.16. The van der Waals surface area contributed by atoms with Crippen LogP contribution in [0, 0.1) is 0 Å². The van der Waals surface area contributed by atoms with Crippen LogP contribution >= 0.6 is 0 Å². The minimum atomic E-state index is -1.08. The molecule has 150 valence electrons. The molecule has 0 aliphatic carbocycles. The summed E-state index contributed by atoms with van der Waals surface area (Å²) >= 11 is 0. The Hall–Kier alpha value is -3.16. The average molecular weight is 388 g/mol. The number of primary amides is 1. The number of ether oxygens (including phenoxy) is 2. The number of rotatable bonds is 10. The van der Waals surface area contributed by atoms with Gasteiger partial charge in [-0.15, -0.1) is 0 Å². The van der Waals surface area contributed by atoms with Gasteiger partial charge in [-0.25, -0.2) is 4.79 Å². The summed E-state index contributed by atoms with van der Waals surface area (Å²) in [6.07, 6.45) is 3.33. The monoisotopic (exact) mass is 388 g/mol. The van der Waals surface area contributed by atoms with Crippen LogP contribution in [0.1, 0.15) is 48.3 Å². The Labute approximate surface area is 162 Å². The molecule has 0 aliphatic rings. The van der Waals surface area contributed by atoms with Crippen molar-refractivity contribution < 1.29 is 28.7 Å². The molecular weight excluding hydrogens is 364 g/mol. The molecule has 2 N–H and O–H groups in total. The molecule has 8 nitrogen and oxygen atoms in total. The van der Waals surface area contributed by atoms with Crippen LogP contribution in [0.15, 0.2) is 18.3 Å². The Morgan fingerprint density at radius 2 is 1.89 bits per heavy atom. The molecule has 28 heavy (non-hydrogen) atoms. The number of pyridine rings is 1. The van der Waals surface area contributed by atoms with Crippen LogP contribution in [0.2, 0.25) is 0 Å². The van der Waals surface area contributed by atoms with Crippen molar-refractivity contribution in [2.45, 2.75) is 39.5 Å². The third kappa shape index (κ3) is 4.21. The molecule has 2 aromatic rings. The maximum atomic E-state index is 12.6. The van der Waals surface area contributed by atoms with E-state index in [1.165, 1.54) is 7.11 Å². The summed E-state index contributed by atoms with van der Waals surface area (Å²) in [7, 11) is 1.24. The van der Waals surface area contributed by atoms with Crippen LogP contribution in [0.3, 0.4) is 0 Å². The lowest BCUT2D eigenvalue weighted by atomic mass is 9.99. The quantitative estimate of drug-likeness (QED) is 0.376. The minimum Gasteiger partial charge on any atom is -0.480 e. The lowest BCUT2D eigenvalue weighted by Gasteiger charge is -2.09. The van der Waals surface area contributed by atoms with Gasteiger partial charge in [-0.05, 0) is 30.5 Å². The van der Waals surface area contributed by atoms with Crippen molar-refractivity contribution in [1.82, 2.24) is 4.40 Å². The number of methoxy groups -OCH3 is 1. The summed E-state index contributed by atoms with van der Waals surface area (Å²) in [5.41, 5.74) is 7.15. The molecule has 0 radical (unpaired) electrons. The van der Waals surface area contributed by atoms with E-state index in [9.17, 15) is 19.2 Å². The van der Waals surface area contributed by atoms with Crippen molar-refractivity contribution in [2.24, 2.45) is 5.73 Å². The average Bonchev–Trinajstić information content (AvgIpc) is 3.03. The van der Waals surface area contributed by atoms with E-state index < -0.39 is 17.7 Å². The van der Waals surface area contributed by atoms with Crippen molar-refractivity contribution in [3.05, 3.63) is 35.2 Å². The van der Waals surface area contributed by atoms with Gasteiger partial charge in [0.15, 0.2) is 6.61 Å².